The first-order valence-corrected chi connectivity index (χ1v) is 8.90. The molecule has 0 aliphatic carbocycles. The zero-order valence-electron chi connectivity index (χ0n) is 14.8. The predicted octanol–water partition coefficient (Wildman–Crippen LogP) is 3.18. The molecule has 1 fully saturated rings. The number of esters is 1. The monoisotopic (exact) mass is 386 g/mol. The van der Waals surface area contributed by atoms with Gasteiger partial charge in [-0.1, -0.05) is 35.9 Å². The number of carbonyl (C=O) groups excluding carboxylic acids is 3. The van der Waals surface area contributed by atoms with Gasteiger partial charge in [0.15, 0.2) is 6.61 Å². The van der Waals surface area contributed by atoms with E-state index in [1.807, 2.05) is 19.1 Å². The zero-order chi connectivity index (χ0) is 19.4. The molecule has 1 aliphatic rings. The van der Waals surface area contributed by atoms with Crippen LogP contribution in [0.2, 0.25) is 5.02 Å². The molecule has 1 N–H and O–H groups in total. The van der Waals surface area contributed by atoms with Crippen molar-refractivity contribution in [2.45, 2.75) is 13.3 Å². The Morgan fingerprint density at radius 3 is 2.67 bits per heavy atom. The van der Waals surface area contributed by atoms with Crippen LogP contribution in [0.3, 0.4) is 0 Å². The lowest BCUT2D eigenvalue weighted by molar-refractivity contribution is -0.151. The van der Waals surface area contributed by atoms with Crippen molar-refractivity contribution in [1.82, 2.24) is 0 Å². The number of carbonyl (C=O) groups is 3. The summed E-state index contributed by atoms with van der Waals surface area (Å²) in [5, 5.41) is 3.19. The van der Waals surface area contributed by atoms with Crippen LogP contribution in [-0.2, 0) is 19.1 Å². The van der Waals surface area contributed by atoms with Gasteiger partial charge >= 0.3 is 5.97 Å². The van der Waals surface area contributed by atoms with E-state index in [0.29, 0.717) is 16.4 Å². The van der Waals surface area contributed by atoms with E-state index in [0.717, 1.165) is 5.56 Å². The van der Waals surface area contributed by atoms with Gasteiger partial charge in [-0.15, -0.1) is 0 Å². The molecule has 1 aliphatic heterocycles. The van der Waals surface area contributed by atoms with E-state index in [9.17, 15) is 14.4 Å². The number of nitrogens with zero attached hydrogens (tertiary/aromatic N) is 1. The number of aryl methyl sites for hydroxylation is 1. The van der Waals surface area contributed by atoms with Gasteiger partial charge in [0.05, 0.1) is 5.92 Å². The predicted molar refractivity (Wildman–Crippen MR) is 103 cm³/mol. The number of hydrogen-bond acceptors (Lipinski definition) is 4. The van der Waals surface area contributed by atoms with Crippen molar-refractivity contribution in [3.8, 4) is 0 Å². The van der Waals surface area contributed by atoms with Crippen molar-refractivity contribution in [1.29, 1.82) is 0 Å². The topological polar surface area (TPSA) is 75.7 Å². The van der Waals surface area contributed by atoms with Gasteiger partial charge in [0, 0.05) is 29.4 Å². The van der Waals surface area contributed by atoms with Crippen molar-refractivity contribution >= 4 is 40.8 Å². The van der Waals surface area contributed by atoms with Crippen LogP contribution in [-0.4, -0.2) is 30.9 Å². The van der Waals surface area contributed by atoms with E-state index < -0.39 is 24.4 Å². The van der Waals surface area contributed by atoms with Crippen LogP contribution < -0.4 is 10.2 Å². The minimum atomic E-state index is -0.609. The highest BCUT2D eigenvalue weighted by molar-refractivity contribution is 6.31. The van der Waals surface area contributed by atoms with Crippen molar-refractivity contribution in [3.05, 3.63) is 59.1 Å². The third-order valence-electron chi connectivity index (χ3n) is 4.33. The van der Waals surface area contributed by atoms with Crippen LogP contribution in [0.25, 0.3) is 0 Å². The Morgan fingerprint density at radius 1 is 1.22 bits per heavy atom. The van der Waals surface area contributed by atoms with Crippen molar-refractivity contribution in [3.63, 3.8) is 0 Å². The summed E-state index contributed by atoms with van der Waals surface area (Å²) in [6.45, 7) is 1.69. The highest BCUT2D eigenvalue weighted by Crippen LogP contribution is 2.29. The second-order valence-electron chi connectivity index (χ2n) is 6.36. The highest BCUT2D eigenvalue weighted by atomic mass is 35.5. The van der Waals surface area contributed by atoms with Crippen LogP contribution >= 0.6 is 11.6 Å². The molecule has 3 rings (SSSR count). The van der Waals surface area contributed by atoms with Crippen LogP contribution in [0.1, 0.15) is 12.0 Å². The summed E-state index contributed by atoms with van der Waals surface area (Å²) in [6, 6.07) is 14.2. The number of amides is 2. The Kier molecular flexibility index (Phi) is 5.76. The fourth-order valence-corrected chi connectivity index (χ4v) is 3.01. The normalized spacial score (nSPS) is 16.3. The first-order chi connectivity index (χ1) is 12.9. The smallest absolute Gasteiger partial charge is 0.311 e. The summed E-state index contributed by atoms with van der Waals surface area (Å²) < 4.78 is 5.08. The maximum Gasteiger partial charge on any atom is 0.311 e. The van der Waals surface area contributed by atoms with Gasteiger partial charge < -0.3 is 15.0 Å². The van der Waals surface area contributed by atoms with E-state index >= 15 is 0 Å². The number of hydrogen-bond donors (Lipinski definition) is 1. The molecular formula is C20H19ClN2O4. The molecule has 140 valence electrons. The van der Waals surface area contributed by atoms with Gasteiger partial charge in [0.25, 0.3) is 5.91 Å². The molecule has 7 heteroatoms. The Balaban J connectivity index is 1.54. The third-order valence-corrected chi connectivity index (χ3v) is 4.74. The number of benzene rings is 2. The van der Waals surface area contributed by atoms with Crippen LogP contribution in [0.15, 0.2) is 48.5 Å². The Bertz CT molecular complexity index is 870. The van der Waals surface area contributed by atoms with Crippen LogP contribution in [0.4, 0.5) is 11.4 Å². The van der Waals surface area contributed by atoms with E-state index in [1.54, 1.807) is 36.4 Å². The second-order valence-corrected chi connectivity index (χ2v) is 6.77. The lowest BCUT2D eigenvalue weighted by Crippen LogP contribution is -2.28. The number of nitrogens with one attached hydrogen (secondary N) is 1. The molecule has 1 saturated heterocycles. The minimum Gasteiger partial charge on any atom is -0.455 e. The molecule has 0 bridgehead atoms. The molecule has 0 aromatic heterocycles. The number of halogens is 1. The van der Waals surface area contributed by atoms with Gasteiger partial charge in [0.1, 0.15) is 0 Å². The molecule has 6 nitrogen and oxygen atoms in total. The molecule has 1 atom stereocenters. The minimum absolute atomic E-state index is 0.0463. The van der Waals surface area contributed by atoms with E-state index in [1.165, 1.54) is 4.90 Å². The van der Waals surface area contributed by atoms with Crippen LogP contribution in [0, 0.1) is 12.8 Å². The average molecular weight is 387 g/mol. The Labute approximate surface area is 162 Å². The average Bonchev–Trinajstić information content (AvgIpc) is 3.05. The van der Waals surface area contributed by atoms with Gasteiger partial charge in [-0.05, 0) is 36.8 Å². The highest BCUT2D eigenvalue weighted by Gasteiger charge is 2.36. The van der Waals surface area contributed by atoms with Crippen molar-refractivity contribution in [2.24, 2.45) is 5.92 Å². The molecule has 2 aromatic carbocycles. The maximum absolute atomic E-state index is 12.3. The molecule has 0 unspecified atom stereocenters. The third kappa shape index (κ3) is 4.65. The molecule has 0 radical (unpaired) electrons. The van der Waals surface area contributed by atoms with E-state index in [-0.39, 0.29) is 18.9 Å². The largest absolute Gasteiger partial charge is 0.455 e. The first-order valence-electron chi connectivity index (χ1n) is 8.52. The summed E-state index contributed by atoms with van der Waals surface area (Å²) in [4.78, 5) is 37.9. The van der Waals surface area contributed by atoms with Gasteiger partial charge in [-0.2, -0.15) is 0 Å². The molecule has 0 spiro atoms. The summed E-state index contributed by atoms with van der Waals surface area (Å²) >= 11 is 6.12. The quantitative estimate of drug-likeness (QED) is 0.801. The summed E-state index contributed by atoms with van der Waals surface area (Å²) in [5.41, 5.74) is 2.18. The summed E-state index contributed by atoms with van der Waals surface area (Å²) in [6.07, 6.45) is 0.0463. The zero-order valence-corrected chi connectivity index (χ0v) is 15.5. The first kappa shape index (κ1) is 18.9. The molecule has 1 heterocycles. The molecule has 2 aromatic rings. The van der Waals surface area contributed by atoms with Crippen LogP contribution in [0.5, 0.6) is 0 Å². The number of ether oxygens (including phenoxy) is 1. The van der Waals surface area contributed by atoms with E-state index in [4.69, 9.17) is 16.3 Å². The second kappa shape index (κ2) is 8.22. The number of para-hydroxylation sites is 1. The molecular weight excluding hydrogens is 368 g/mol. The summed E-state index contributed by atoms with van der Waals surface area (Å²) in [5.74, 6) is -1.78. The molecule has 27 heavy (non-hydrogen) atoms. The summed E-state index contributed by atoms with van der Waals surface area (Å²) in [7, 11) is 0. The van der Waals surface area contributed by atoms with Gasteiger partial charge in [0.2, 0.25) is 5.91 Å². The lowest BCUT2D eigenvalue weighted by atomic mass is 10.1. The Hall–Kier alpha value is -2.86. The number of rotatable bonds is 5. The van der Waals surface area contributed by atoms with Gasteiger partial charge in [-0.25, -0.2) is 0 Å². The molecule has 2 amide bonds. The lowest BCUT2D eigenvalue weighted by Gasteiger charge is -2.17. The SMILES string of the molecule is Cc1ccc(N2C[C@@H](C(=O)OCC(=O)Nc3ccccc3)CC2=O)cc1Cl. The maximum atomic E-state index is 12.3. The fraction of sp³-hybridized carbons (Fsp3) is 0.250. The number of anilines is 2. The van der Waals surface area contributed by atoms with Crippen molar-refractivity contribution in [2.75, 3.05) is 23.4 Å². The van der Waals surface area contributed by atoms with Crippen molar-refractivity contribution < 1.29 is 19.1 Å². The van der Waals surface area contributed by atoms with Gasteiger partial charge in [-0.3, -0.25) is 14.4 Å². The molecule has 0 saturated carbocycles. The van der Waals surface area contributed by atoms with E-state index in [2.05, 4.69) is 5.32 Å². The fourth-order valence-electron chi connectivity index (χ4n) is 2.84. The Morgan fingerprint density at radius 2 is 1.96 bits per heavy atom. The standard InChI is InChI=1S/C20H19ClN2O4/c1-13-7-8-16(10-17(13)21)23-11-14(9-19(23)25)20(26)27-12-18(24)22-15-5-3-2-4-6-15/h2-8,10,14H,9,11-12H2,1H3,(H,22,24)/t14-/m0/s1.